The molecule has 330 valence electrons. The number of fused-ring (bicyclic) bond motifs is 3. The summed E-state index contributed by atoms with van der Waals surface area (Å²) in [6, 6.07) is 49.4. The molecule has 0 N–H and O–H groups in total. The quantitative estimate of drug-likeness (QED) is 0.116. The van der Waals surface area contributed by atoms with E-state index in [1.165, 1.54) is 18.3 Å². The van der Waals surface area contributed by atoms with E-state index >= 15 is 4.39 Å². The molecule has 10 aromatic rings. The van der Waals surface area contributed by atoms with Crippen molar-refractivity contribution in [3.05, 3.63) is 233 Å². The van der Waals surface area contributed by atoms with E-state index in [-0.39, 0.29) is 50.7 Å². The molecule has 4 heterocycles. The maximum Gasteiger partial charge on any atom is 0.171 e. The molecule has 0 saturated carbocycles. The maximum absolute atomic E-state index is 15.3. The van der Waals surface area contributed by atoms with Crippen LogP contribution in [0.1, 0.15) is 77.6 Å². The Morgan fingerprint density at radius 3 is 1.69 bits per heavy atom. The highest BCUT2D eigenvalue weighted by Gasteiger charge is 2.26. The zero-order valence-corrected chi connectivity index (χ0v) is 37.9. The van der Waals surface area contributed by atoms with Crippen molar-refractivity contribution < 1.29 is 19.8 Å². The minimum Gasteiger partial charge on any atom is -0.452 e. The summed E-state index contributed by atoms with van der Waals surface area (Å²) < 4.78 is 95.3. The van der Waals surface area contributed by atoms with Gasteiger partial charge in [-0.15, -0.1) is 0 Å². The monoisotopic (exact) mass is 883 g/mol. The Labute approximate surface area is 404 Å². The van der Waals surface area contributed by atoms with Gasteiger partial charge >= 0.3 is 0 Å². The van der Waals surface area contributed by atoms with Crippen molar-refractivity contribution in [2.24, 2.45) is 0 Å². The molecule has 4 aromatic heterocycles. The molecule has 0 fully saturated rings. The average molecular weight is 884 g/mol. The van der Waals surface area contributed by atoms with E-state index in [0.29, 0.717) is 29.2 Å². The number of rotatable bonds is 13. The minimum atomic E-state index is -2.84. The summed E-state index contributed by atoms with van der Waals surface area (Å²) in [6.45, 7) is 5.84. The molecule has 0 aliphatic heterocycles. The zero-order chi connectivity index (χ0) is 53.1. The summed E-state index contributed by atoms with van der Waals surface area (Å²) in [4.78, 5) is 14.4. The van der Waals surface area contributed by atoms with E-state index in [1.54, 1.807) is 60.7 Å². The Hall–Kier alpha value is -7.50. The standard InChI is InChI=1S/C62H54FN3O/c1-41-16-12-13-21-50(41)54-35-58(53-24-14-22-51-52-23-15-25-55(63)60(52)67-59(51)53)64-38-47(54)27-26-42-32-43(36-61(2,3)48-28-30-56(65-39-48)45-17-8-6-9-18-45)34-44(33-42)37-62(4,5)49-29-31-57(66-40-49)46-19-10-7-11-20-46/h6-25,28-35,38-40H,26-27,36-37H2,1-5H3/i1D3,25D,26D2,27D2. The van der Waals surface area contributed by atoms with Crippen molar-refractivity contribution in [3.8, 4) is 44.9 Å². The number of furan rings is 1. The Balaban J connectivity index is 1.09. The summed E-state index contributed by atoms with van der Waals surface area (Å²) >= 11 is 0. The van der Waals surface area contributed by atoms with E-state index < -0.39 is 36.2 Å². The van der Waals surface area contributed by atoms with Crippen LogP contribution in [-0.2, 0) is 36.4 Å². The van der Waals surface area contributed by atoms with Crippen LogP contribution in [0.15, 0.2) is 193 Å². The summed E-state index contributed by atoms with van der Waals surface area (Å²) in [5, 5.41) is 1.02. The van der Waals surface area contributed by atoms with Gasteiger partial charge in [0.15, 0.2) is 11.4 Å². The Morgan fingerprint density at radius 1 is 0.522 bits per heavy atom. The Kier molecular flexibility index (Phi) is 9.38. The predicted molar refractivity (Wildman–Crippen MR) is 274 cm³/mol. The topological polar surface area (TPSA) is 51.8 Å². The SMILES string of the molecule is [2H]c1ccc2c(oc3c(-c4cc(-c5ccccc5C([2H])([2H])[2H])c(C([2H])([2H])C([2H])([2H])c5cc(CC(C)(C)c6ccc(-c7ccccc7)nc6)cc(CC(C)(C)c6ccc(-c7ccccc7)nc6)c5)cn4)cccc32)c1F. The van der Waals surface area contributed by atoms with Crippen LogP contribution >= 0.6 is 0 Å². The van der Waals surface area contributed by atoms with Crippen LogP contribution in [0, 0.1) is 12.7 Å². The maximum atomic E-state index is 15.3. The third kappa shape index (κ3) is 9.07. The van der Waals surface area contributed by atoms with Gasteiger partial charge in [-0.3, -0.25) is 15.0 Å². The largest absolute Gasteiger partial charge is 0.452 e. The molecule has 0 bridgehead atoms. The lowest BCUT2D eigenvalue weighted by atomic mass is 9.77. The average Bonchev–Trinajstić information content (AvgIpc) is 3.79. The molecule has 0 spiro atoms. The van der Waals surface area contributed by atoms with Crippen LogP contribution in [0.3, 0.4) is 0 Å². The van der Waals surface area contributed by atoms with Gasteiger partial charge in [-0.25, -0.2) is 4.39 Å². The summed E-state index contributed by atoms with van der Waals surface area (Å²) in [5.41, 5.74) is 7.24. The van der Waals surface area contributed by atoms with Crippen molar-refractivity contribution in [2.45, 2.75) is 71.0 Å². The molecular weight excluding hydrogens is 822 g/mol. The van der Waals surface area contributed by atoms with Crippen molar-refractivity contribution in [2.75, 3.05) is 0 Å². The lowest BCUT2D eigenvalue weighted by Crippen LogP contribution is -2.23. The normalized spacial score (nSPS) is 14.3. The highest BCUT2D eigenvalue weighted by atomic mass is 19.1. The van der Waals surface area contributed by atoms with Crippen molar-refractivity contribution in [3.63, 3.8) is 0 Å². The molecule has 0 amide bonds. The van der Waals surface area contributed by atoms with Gasteiger partial charge in [0.25, 0.3) is 0 Å². The van der Waals surface area contributed by atoms with Crippen LogP contribution in [0.4, 0.5) is 4.39 Å². The molecule has 0 unspecified atom stereocenters. The second-order valence-electron chi connectivity index (χ2n) is 18.5. The number of aromatic nitrogens is 3. The molecule has 0 radical (unpaired) electrons. The molecular formula is C62H54FN3O. The fourth-order valence-electron chi connectivity index (χ4n) is 9.13. The third-order valence-corrected chi connectivity index (χ3v) is 12.7. The lowest BCUT2D eigenvalue weighted by Gasteiger charge is -2.28. The van der Waals surface area contributed by atoms with Gasteiger partial charge in [-0.05, 0) is 124 Å². The fourth-order valence-corrected chi connectivity index (χ4v) is 9.13. The van der Waals surface area contributed by atoms with Crippen molar-refractivity contribution in [1.82, 2.24) is 15.0 Å². The Bertz CT molecular complexity index is 3610. The number of pyridine rings is 3. The van der Waals surface area contributed by atoms with Crippen LogP contribution < -0.4 is 0 Å². The van der Waals surface area contributed by atoms with Gasteiger partial charge in [-0.1, -0.05) is 167 Å². The first-order valence-corrected chi connectivity index (χ1v) is 22.5. The van der Waals surface area contributed by atoms with Gasteiger partial charge in [-0.2, -0.15) is 0 Å². The minimum absolute atomic E-state index is 0.0573. The first kappa shape index (κ1) is 34.8. The van der Waals surface area contributed by atoms with E-state index in [2.05, 4.69) is 45.9 Å². The van der Waals surface area contributed by atoms with Gasteiger partial charge in [0.2, 0.25) is 0 Å². The predicted octanol–water partition coefficient (Wildman–Crippen LogP) is 15.7. The number of hydrogen-bond acceptors (Lipinski definition) is 4. The second-order valence-corrected chi connectivity index (χ2v) is 18.5. The summed E-state index contributed by atoms with van der Waals surface area (Å²) in [7, 11) is 0. The number of nitrogens with zero attached hydrogens (tertiary/aromatic N) is 3. The van der Waals surface area contributed by atoms with Gasteiger partial charge in [0, 0.05) is 55.6 Å². The van der Waals surface area contributed by atoms with E-state index in [9.17, 15) is 5.48 Å². The first-order valence-electron chi connectivity index (χ1n) is 26.5. The zero-order valence-electron chi connectivity index (χ0n) is 45.9. The van der Waals surface area contributed by atoms with E-state index in [1.807, 2.05) is 85.2 Å². The summed E-state index contributed by atoms with van der Waals surface area (Å²) in [5.74, 6) is -0.816. The number of halogens is 1. The van der Waals surface area contributed by atoms with E-state index in [4.69, 9.17) is 24.9 Å². The number of benzene rings is 6. The smallest absolute Gasteiger partial charge is 0.171 e. The number of aryl methyl sites for hydroxylation is 3. The van der Waals surface area contributed by atoms with E-state index in [0.717, 1.165) is 44.8 Å². The molecule has 0 aliphatic rings. The van der Waals surface area contributed by atoms with Crippen LogP contribution in [0.25, 0.3) is 66.8 Å². The van der Waals surface area contributed by atoms with Crippen LogP contribution in [0.2, 0.25) is 0 Å². The molecule has 0 aliphatic carbocycles. The highest BCUT2D eigenvalue weighted by molar-refractivity contribution is 6.09. The molecule has 0 atom stereocenters. The molecule has 67 heavy (non-hydrogen) atoms. The first-order chi connectivity index (χ1) is 35.6. The molecule has 0 saturated heterocycles. The van der Waals surface area contributed by atoms with Gasteiger partial charge < -0.3 is 4.42 Å². The number of para-hydroxylation sites is 2. The van der Waals surface area contributed by atoms with Crippen molar-refractivity contribution in [1.29, 1.82) is 0 Å². The van der Waals surface area contributed by atoms with Gasteiger partial charge in [0.1, 0.15) is 5.58 Å². The number of hydrogen-bond donors (Lipinski definition) is 0. The summed E-state index contributed by atoms with van der Waals surface area (Å²) in [6.07, 6.45) is 0.371. The second kappa shape index (κ2) is 18.1. The third-order valence-electron chi connectivity index (χ3n) is 12.7. The Morgan fingerprint density at radius 2 is 1.07 bits per heavy atom. The molecule has 5 heteroatoms. The van der Waals surface area contributed by atoms with Crippen LogP contribution in [0.5, 0.6) is 0 Å². The van der Waals surface area contributed by atoms with Crippen molar-refractivity contribution >= 4 is 21.9 Å². The highest BCUT2D eigenvalue weighted by Crippen LogP contribution is 2.39. The lowest BCUT2D eigenvalue weighted by molar-refractivity contribution is 0.512. The fraction of sp³-hybridized carbons (Fsp3) is 0.177. The molecule has 10 rings (SSSR count). The molecule has 4 nitrogen and oxygen atoms in total. The van der Waals surface area contributed by atoms with Gasteiger partial charge in [0.05, 0.1) is 18.5 Å². The molecule has 6 aromatic carbocycles. The van der Waals surface area contributed by atoms with Crippen LogP contribution in [-0.4, -0.2) is 15.0 Å².